The molecule has 3 aromatic rings. The summed E-state index contributed by atoms with van der Waals surface area (Å²) in [7, 11) is 1.53. The van der Waals surface area contributed by atoms with Crippen LogP contribution in [-0.4, -0.2) is 24.2 Å². The number of primary amides is 1. The van der Waals surface area contributed by atoms with Crippen molar-refractivity contribution in [3.63, 3.8) is 0 Å². The first kappa shape index (κ1) is 17.0. The minimum atomic E-state index is -0.858. The molecule has 9 heteroatoms. The smallest absolute Gasteiger partial charge is 0.436 e. The number of nitrogens with one attached hydrogen (secondary N) is 1. The number of ether oxygens (including phenoxy) is 1. The van der Waals surface area contributed by atoms with Gasteiger partial charge in [0.15, 0.2) is 0 Å². The van der Waals surface area contributed by atoms with Gasteiger partial charge in [-0.15, -0.1) is 0 Å². The molecular weight excluding hydrogens is 340 g/mol. The fourth-order valence-electron chi connectivity index (χ4n) is 2.24. The lowest BCUT2D eigenvalue weighted by Gasteiger charge is -2.05. The lowest BCUT2D eigenvalue weighted by atomic mass is 10.2. The molecule has 1 aromatic heterocycles. The summed E-state index contributed by atoms with van der Waals surface area (Å²) in [6.45, 7) is 0. The van der Waals surface area contributed by atoms with Gasteiger partial charge in [-0.2, -0.15) is 0 Å². The largest absolute Gasteiger partial charge is 0.854 e. The standard InChI is InChI=1S/C17H14N4O5/c1-25-13-8-6-12(7-9-13)21-14(17(24)26-20-21)16(23)19-11-4-2-10(3-5-11)15(18)22/h2-9H,1H3,(H3-,18,19,20,22,23,24). The minimum absolute atomic E-state index is 0.266. The van der Waals surface area contributed by atoms with Crippen LogP contribution < -0.4 is 25.9 Å². The highest BCUT2D eigenvalue weighted by Crippen LogP contribution is 2.14. The third-order valence-electron chi connectivity index (χ3n) is 3.56. The molecule has 0 unspecified atom stereocenters. The second kappa shape index (κ2) is 6.93. The van der Waals surface area contributed by atoms with Crippen molar-refractivity contribution >= 4 is 17.5 Å². The zero-order valence-electron chi connectivity index (χ0n) is 13.6. The van der Waals surface area contributed by atoms with Crippen molar-refractivity contribution in [2.75, 3.05) is 7.11 Å². The van der Waals surface area contributed by atoms with Gasteiger partial charge in [-0.05, 0) is 46.4 Å². The summed E-state index contributed by atoms with van der Waals surface area (Å²) in [5.74, 6) is -0.776. The van der Waals surface area contributed by atoms with Crippen LogP contribution in [0.25, 0.3) is 5.69 Å². The van der Waals surface area contributed by atoms with Crippen molar-refractivity contribution in [1.82, 2.24) is 5.27 Å². The molecule has 0 saturated heterocycles. The van der Waals surface area contributed by atoms with Crippen molar-refractivity contribution in [2.24, 2.45) is 10.7 Å². The lowest BCUT2D eigenvalue weighted by Crippen LogP contribution is -2.44. The van der Waals surface area contributed by atoms with E-state index in [0.717, 1.165) is 0 Å². The van der Waals surface area contributed by atoms with E-state index in [-0.39, 0.29) is 16.9 Å². The van der Waals surface area contributed by atoms with Crippen LogP contribution in [0.3, 0.4) is 0 Å². The Balaban J connectivity index is 1.99. The topological polar surface area (TPSA) is 138 Å². The first-order chi connectivity index (χ1) is 12.5. The Morgan fingerprint density at radius 3 is 2.42 bits per heavy atom. The SMILES string of the molecule is COc1ccc(-[n+]2[nH]oc(=O)c2C([O-])=Nc2ccc(C(N)=O)cc2)cc1. The molecule has 1 amide bonds. The zero-order chi connectivity index (χ0) is 18.7. The average Bonchev–Trinajstić information content (AvgIpc) is 3.04. The fraction of sp³-hybridized carbons (Fsp3) is 0.0588. The van der Waals surface area contributed by atoms with Crippen LogP contribution in [0.2, 0.25) is 0 Å². The van der Waals surface area contributed by atoms with Gasteiger partial charge in [0.1, 0.15) is 5.75 Å². The van der Waals surface area contributed by atoms with E-state index in [2.05, 4.69) is 10.3 Å². The number of benzene rings is 2. The van der Waals surface area contributed by atoms with Crippen LogP contribution in [0.15, 0.2) is 62.8 Å². The molecule has 0 aliphatic carbocycles. The van der Waals surface area contributed by atoms with E-state index >= 15 is 0 Å². The first-order valence-corrected chi connectivity index (χ1v) is 7.43. The van der Waals surface area contributed by atoms with E-state index < -0.39 is 17.4 Å². The highest BCUT2D eigenvalue weighted by Gasteiger charge is 2.23. The maximum absolute atomic E-state index is 12.4. The number of rotatable bonds is 5. The van der Waals surface area contributed by atoms with Gasteiger partial charge in [0.25, 0.3) is 0 Å². The van der Waals surface area contributed by atoms with Gasteiger partial charge >= 0.3 is 11.3 Å². The predicted octanol–water partition coefficient (Wildman–Crippen LogP) is -0.209. The van der Waals surface area contributed by atoms with Gasteiger partial charge in [0.05, 0.1) is 18.7 Å². The Bertz CT molecular complexity index is 1020. The average molecular weight is 354 g/mol. The van der Waals surface area contributed by atoms with Crippen molar-refractivity contribution < 1.29 is 23.8 Å². The molecule has 1 heterocycles. The Morgan fingerprint density at radius 1 is 1.19 bits per heavy atom. The number of methoxy groups -OCH3 is 1. The van der Waals surface area contributed by atoms with E-state index in [1.807, 2.05) is 0 Å². The van der Waals surface area contributed by atoms with Crippen molar-refractivity contribution in [2.45, 2.75) is 0 Å². The number of nitrogens with two attached hydrogens (primary N) is 1. The second-order valence-electron chi connectivity index (χ2n) is 5.19. The van der Waals surface area contributed by atoms with E-state index in [4.69, 9.17) is 15.0 Å². The molecule has 3 rings (SSSR count). The van der Waals surface area contributed by atoms with Crippen LogP contribution in [0.5, 0.6) is 5.75 Å². The van der Waals surface area contributed by atoms with Crippen LogP contribution in [-0.2, 0) is 0 Å². The quantitative estimate of drug-likeness (QED) is 0.371. The molecule has 3 N–H and O–H groups in total. The number of hydrogen-bond acceptors (Lipinski definition) is 6. The number of carbonyl (C=O) groups excluding carboxylic acids is 1. The third-order valence-corrected chi connectivity index (χ3v) is 3.56. The molecule has 0 bridgehead atoms. The Labute approximate surface area is 146 Å². The molecular formula is C17H14N4O5. The lowest BCUT2D eigenvalue weighted by molar-refractivity contribution is -0.673. The number of nitrogens with zero attached hydrogens (tertiary/aromatic N) is 2. The van der Waals surface area contributed by atoms with Crippen LogP contribution in [0, 0.1) is 0 Å². The van der Waals surface area contributed by atoms with E-state index in [1.54, 1.807) is 24.3 Å². The molecule has 0 spiro atoms. The van der Waals surface area contributed by atoms with Crippen molar-refractivity contribution in [3.05, 3.63) is 70.2 Å². The molecule has 132 valence electrons. The predicted molar refractivity (Wildman–Crippen MR) is 88.6 cm³/mol. The molecule has 0 radical (unpaired) electrons. The summed E-state index contributed by atoms with van der Waals surface area (Å²) in [6.07, 6.45) is 0. The van der Waals surface area contributed by atoms with Gasteiger partial charge in [0.2, 0.25) is 11.6 Å². The summed E-state index contributed by atoms with van der Waals surface area (Å²) in [5, 5.41) is 14.8. The van der Waals surface area contributed by atoms with Crippen LogP contribution in [0.4, 0.5) is 5.69 Å². The Morgan fingerprint density at radius 2 is 1.85 bits per heavy atom. The molecule has 0 aliphatic heterocycles. The summed E-state index contributed by atoms with van der Waals surface area (Å²) in [4.78, 5) is 26.9. The molecule has 2 aromatic carbocycles. The van der Waals surface area contributed by atoms with Gasteiger partial charge in [-0.3, -0.25) is 14.3 Å². The second-order valence-corrected chi connectivity index (χ2v) is 5.19. The fourth-order valence-corrected chi connectivity index (χ4v) is 2.24. The number of aromatic amines is 1. The van der Waals surface area contributed by atoms with E-state index in [0.29, 0.717) is 11.4 Å². The summed E-state index contributed by atoms with van der Waals surface area (Å²) in [6, 6.07) is 12.4. The number of aliphatic imine (C=N–C) groups is 1. The van der Waals surface area contributed by atoms with Gasteiger partial charge in [0, 0.05) is 17.7 Å². The monoisotopic (exact) mass is 354 g/mol. The summed E-state index contributed by atoms with van der Waals surface area (Å²) < 4.78 is 11.0. The van der Waals surface area contributed by atoms with Crippen molar-refractivity contribution in [3.8, 4) is 11.4 Å². The molecule has 26 heavy (non-hydrogen) atoms. The minimum Gasteiger partial charge on any atom is -0.854 e. The van der Waals surface area contributed by atoms with E-state index in [9.17, 15) is 14.7 Å². The highest BCUT2D eigenvalue weighted by atomic mass is 16.5. The Kier molecular flexibility index (Phi) is 4.52. The van der Waals surface area contributed by atoms with Gasteiger partial charge in [-0.1, -0.05) is 0 Å². The molecule has 0 atom stereocenters. The number of H-pyrrole nitrogens is 1. The Hall–Kier alpha value is -3.88. The third kappa shape index (κ3) is 3.31. The number of carbonyl (C=O) groups is 1. The van der Waals surface area contributed by atoms with E-state index in [1.165, 1.54) is 36.1 Å². The van der Waals surface area contributed by atoms with Crippen molar-refractivity contribution in [1.29, 1.82) is 0 Å². The summed E-state index contributed by atoms with van der Waals surface area (Å²) in [5.41, 5.74) is 5.04. The normalized spacial score (nSPS) is 11.3. The number of amides is 1. The summed E-state index contributed by atoms with van der Waals surface area (Å²) >= 11 is 0. The molecule has 9 nitrogen and oxygen atoms in total. The maximum Gasteiger partial charge on any atom is 0.436 e. The molecule has 0 saturated carbocycles. The van der Waals surface area contributed by atoms with Crippen LogP contribution in [0.1, 0.15) is 16.1 Å². The van der Waals surface area contributed by atoms with Crippen LogP contribution >= 0.6 is 0 Å². The van der Waals surface area contributed by atoms with Gasteiger partial charge in [-0.25, -0.2) is 4.79 Å². The highest BCUT2D eigenvalue weighted by molar-refractivity contribution is 5.93. The van der Waals surface area contributed by atoms with Gasteiger partial charge < -0.3 is 15.6 Å². The molecule has 0 fully saturated rings. The number of hydrogen-bond donors (Lipinski definition) is 2. The molecule has 0 aliphatic rings. The number of aromatic nitrogens is 2. The first-order valence-electron chi connectivity index (χ1n) is 7.43. The maximum atomic E-state index is 12.4. The zero-order valence-corrected chi connectivity index (χ0v) is 13.6.